The van der Waals surface area contributed by atoms with Crippen LogP contribution in [0, 0.1) is 0 Å². The summed E-state index contributed by atoms with van der Waals surface area (Å²) in [5.41, 5.74) is 6.43. The fourth-order valence-electron chi connectivity index (χ4n) is 3.24. The molecule has 0 radical (unpaired) electrons. The normalized spacial score (nSPS) is 11.6. The molecular weight excluding hydrogens is 404 g/mol. The van der Waals surface area contributed by atoms with Crippen molar-refractivity contribution in [3.05, 3.63) is 78.5 Å². The number of aromatic nitrogens is 1. The first-order valence-corrected chi connectivity index (χ1v) is 10.8. The molecule has 0 bridgehead atoms. The standard InChI is InChI=1S/C25H30N4OS/c1-5-14-26-24(31)28-27-17-19-18-29(23-9-7-6-8-22(19)23)15-16-30-21-12-10-20(11-13-21)25(2,3)4/h5-13,17-18H,1,14-16H2,2-4H3,(H2,26,28,31). The molecule has 3 rings (SSSR count). The van der Waals surface area contributed by atoms with Gasteiger partial charge >= 0.3 is 0 Å². The maximum absolute atomic E-state index is 5.99. The lowest BCUT2D eigenvalue weighted by atomic mass is 9.87. The monoisotopic (exact) mass is 434 g/mol. The molecule has 162 valence electrons. The lowest BCUT2D eigenvalue weighted by molar-refractivity contribution is 0.300. The first-order valence-electron chi connectivity index (χ1n) is 10.4. The third kappa shape index (κ3) is 6.18. The molecule has 31 heavy (non-hydrogen) atoms. The summed E-state index contributed by atoms with van der Waals surface area (Å²) in [6.45, 7) is 12.2. The van der Waals surface area contributed by atoms with Crippen LogP contribution in [0.5, 0.6) is 5.75 Å². The van der Waals surface area contributed by atoms with Crippen LogP contribution in [0.2, 0.25) is 0 Å². The van der Waals surface area contributed by atoms with Gasteiger partial charge in [-0.05, 0) is 41.4 Å². The zero-order chi connectivity index (χ0) is 22.3. The van der Waals surface area contributed by atoms with Gasteiger partial charge in [-0.2, -0.15) is 5.10 Å². The first-order chi connectivity index (χ1) is 14.9. The maximum atomic E-state index is 5.99. The third-order valence-corrected chi connectivity index (χ3v) is 5.15. The smallest absolute Gasteiger partial charge is 0.187 e. The lowest BCUT2D eigenvalue weighted by Crippen LogP contribution is -2.31. The SMILES string of the molecule is C=CCNC(=S)NN=Cc1cn(CCOc2ccc(C(C)(C)C)cc2)c2ccccc12. The Morgan fingerprint density at radius 3 is 2.61 bits per heavy atom. The molecule has 5 nitrogen and oxygen atoms in total. The van der Waals surface area contributed by atoms with Gasteiger partial charge in [-0.15, -0.1) is 6.58 Å². The van der Waals surface area contributed by atoms with Crippen molar-refractivity contribution in [1.29, 1.82) is 0 Å². The highest BCUT2D eigenvalue weighted by Crippen LogP contribution is 2.24. The molecule has 2 N–H and O–H groups in total. The molecule has 0 amide bonds. The van der Waals surface area contributed by atoms with Crippen molar-refractivity contribution in [3.63, 3.8) is 0 Å². The van der Waals surface area contributed by atoms with Gasteiger partial charge in [0.2, 0.25) is 0 Å². The van der Waals surface area contributed by atoms with Crippen molar-refractivity contribution in [2.45, 2.75) is 32.7 Å². The van der Waals surface area contributed by atoms with Crippen molar-refractivity contribution >= 4 is 34.4 Å². The molecule has 3 aromatic rings. The van der Waals surface area contributed by atoms with E-state index in [1.165, 1.54) is 5.56 Å². The molecule has 6 heteroatoms. The molecule has 1 heterocycles. The number of rotatable bonds is 8. The van der Waals surface area contributed by atoms with E-state index in [1.54, 1.807) is 12.3 Å². The molecule has 1 aromatic heterocycles. The number of nitrogens with one attached hydrogen (secondary N) is 2. The number of fused-ring (bicyclic) bond motifs is 1. The van der Waals surface area contributed by atoms with Gasteiger partial charge in [0, 0.05) is 29.2 Å². The number of hydrogen-bond acceptors (Lipinski definition) is 3. The molecule has 0 atom stereocenters. The van der Waals surface area contributed by atoms with Gasteiger partial charge < -0.3 is 14.6 Å². The minimum atomic E-state index is 0.140. The highest BCUT2D eigenvalue weighted by Gasteiger charge is 2.13. The second-order valence-electron chi connectivity index (χ2n) is 8.29. The van der Waals surface area contributed by atoms with Gasteiger partial charge in [-0.1, -0.05) is 57.2 Å². The molecule has 0 aliphatic heterocycles. The van der Waals surface area contributed by atoms with Crippen LogP contribution in [-0.2, 0) is 12.0 Å². The van der Waals surface area contributed by atoms with E-state index in [2.05, 4.69) is 78.2 Å². The largest absolute Gasteiger partial charge is 0.492 e. The number of hydrazone groups is 1. The van der Waals surface area contributed by atoms with Crippen molar-refractivity contribution in [3.8, 4) is 5.75 Å². The van der Waals surface area contributed by atoms with Crippen LogP contribution < -0.4 is 15.5 Å². The van der Waals surface area contributed by atoms with Gasteiger partial charge in [0.25, 0.3) is 0 Å². The fraction of sp³-hybridized carbons (Fsp3) is 0.280. The average Bonchev–Trinajstić information content (AvgIpc) is 3.10. The van der Waals surface area contributed by atoms with Crippen LogP contribution in [0.4, 0.5) is 0 Å². The minimum absolute atomic E-state index is 0.140. The zero-order valence-electron chi connectivity index (χ0n) is 18.4. The minimum Gasteiger partial charge on any atom is -0.492 e. The fourth-order valence-corrected chi connectivity index (χ4v) is 3.38. The van der Waals surface area contributed by atoms with E-state index in [1.807, 2.05) is 24.3 Å². The van der Waals surface area contributed by atoms with Crippen molar-refractivity contribution in [2.24, 2.45) is 5.10 Å². The number of nitrogens with zero attached hydrogens (tertiary/aromatic N) is 2. The Labute approximate surface area is 189 Å². The van der Waals surface area contributed by atoms with Crippen LogP contribution in [0.25, 0.3) is 10.9 Å². The highest BCUT2D eigenvalue weighted by molar-refractivity contribution is 7.80. The van der Waals surface area contributed by atoms with Crippen molar-refractivity contribution < 1.29 is 4.74 Å². The maximum Gasteiger partial charge on any atom is 0.187 e. The Bertz CT molecular complexity index is 1060. The van der Waals surface area contributed by atoms with Crippen LogP contribution in [0.3, 0.4) is 0 Å². The van der Waals surface area contributed by atoms with E-state index < -0.39 is 0 Å². The van der Waals surface area contributed by atoms with E-state index in [0.29, 0.717) is 18.3 Å². The van der Waals surface area contributed by atoms with Gasteiger partial charge in [0.1, 0.15) is 12.4 Å². The first kappa shape index (κ1) is 22.6. The second-order valence-corrected chi connectivity index (χ2v) is 8.69. The molecule has 2 aromatic carbocycles. The Morgan fingerprint density at radius 1 is 1.16 bits per heavy atom. The summed E-state index contributed by atoms with van der Waals surface area (Å²) in [6.07, 6.45) is 5.61. The van der Waals surface area contributed by atoms with E-state index in [4.69, 9.17) is 17.0 Å². The zero-order valence-corrected chi connectivity index (χ0v) is 19.2. The second kappa shape index (κ2) is 10.3. The number of thiocarbonyl (C=S) groups is 1. The molecule has 0 aliphatic carbocycles. The summed E-state index contributed by atoms with van der Waals surface area (Å²) in [5.74, 6) is 0.885. The summed E-state index contributed by atoms with van der Waals surface area (Å²) >= 11 is 5.16. The average molecular weight is 435 g/mol. The van der Waals surface area contributed by atoms with Crippen LogP contribution >= 0.6 is 12.2 Å². The van der Waals surface area contributed by atoms with Crippen molar-refractivity contribution in [1.82, 2.24) is 15.3 Å². The lowest BCUT2D eigenvalue weighted by Gasteiger charge is -2.19. The van der Waals surface area contributed by atoms with Crippen molar-refractivity contribution in [2.75, 3.05) is 13.2 Å². The molecule has 0 saturated heterocycles. The predicted octanol–water partition coefficient (Wildman–Crippen LogP) is 5.00. The molecule has 0 fully saturated rings. The van der Waals surface area contributed by atoms with Crippen LogP contribution in [0.15, 0.2) is 72.5 Å². The molecule has 0 aliphatic rings. The summed E-state index contributed by atoms with van der Waals surface area (Å²) in [7, 11) is 0. The number of para-hydroxylation sites is 1. The Hall–Kier alpha value is -3.12. The van der Waals surface area contributed by atoms with Gasteiger partial charge in [0.15, 0.2) is 5.11 Å². The topological polar surface area (TPSA) is 50.6 Å². The predicted molar refractivity (Wildman–Crippen MR) is 134 cm³/mol. The van der Waals surface area contributed by atoms with E-state index in [-0.39, 0.29) is 5.41 Å². The van der Waals surface area contributed by atoms with E-state index in [9.17, 15) is 0 Å². The summed E-state index contributed by atoms with van der Waals surface area (Å²) in [5, 5.41) is 8.83. The summed E-state index contributed by atoms with van der Waals surface area (Å²) in [6, 6.07) is 16.6. The van der Waals surface area contributed by atoms with Crippen LogP contribution in [-0.4, -0.2) is 29.0 Å². The quantitative estimate of drug-likeness (QED) is 0.227. The van der Waals surface area contributed by atoms with Gasteiger partial charge in [-0.3, -0.25) is 5.43 Å². The van der Waals surface area contributed by atoms with E-state index in [0.717, 1.165) is 28.8 Å². The van der Waals surface area contributed by atoms with E-state index >= 15 is 0 Å². The molecular formula is C25H30N4OS. The molecule has 0 unspecified atom stereocenters. The molecule has 0 saturated carbocycles. The summed E-state index contributed by atoms with van der Waals surface area (Å²) < 4.78 is 8.17. The van der Waals surface area contributed by atoms with Gasteiger partial charge in [0.05, 0.1) is 12.8 Å². The van der Waals surface area contributed by atoms with Gasteiger partial charge in [-0.25, -0.2) is 0 Å². The van der Waals surface area contributed by atoms with Crippen LogP contribution in [0.1, 0.15) is 31.9 Å². The number of hydrogen-bond donors (Lipinski definition) is 2. The summed E-state index contributed by atoms with van der Waals surface area (Å²) in [4.78, 5) is 0. The Balaban J connectivity index is 1.64. The Morgan fingerprint density at radius 2 is 1.90 bits per heavy atom. The third-order valence-electron chi connectivity index (χ3n) is 4.92. The number of ether oxygens (including phenoxy) is 1. The molecule has 0 spiro atoms. The number of benzene rings is 2. The Kier molecular flexibility index (Phi) is 7.47. The highest BCUT2D eigenvalue weighted by atomic mass is 32.1.